The molecule has 0 aliphatic carbocycles. The van der Waals surface area contributed by atoms with Gasteiger partial charge in [-0.15, -0.1) is 10.2 Å². The van der Waals surface area contributed by atoms with E-state index >= 15 is 0 Å². The van der Waals surface area contributed by atoms with Crippen LogP contribution in [0, 0.1) is 0 Å². The zero-order chi connectivity index (χ0) is 23.2. The van der Waals surface area contributed by atoms with E-state index in [9.17, 15) is 13.2 Å². The van der Waals surface area contributed by atoms with Crippen molar-refractivity contribution in [3.05, 3.63) is 59.4 Å². The standard InChI is InChI=1S/C23H24N6O3S/c1-15(2)16-6-8-17(9-7-16)33(31,32)29-12-10-28(11-13-29)14-20-24-19-5-3-4-18-21(19)22(25-20)26-27-23(18)30/h3-9,15H,10-14H2,1-2H3. The molecule has 10 heteroatoms. The monoisotopic (exact) mass is 464 g/mol. The van der Waals surface area contributed by atoms with E-state index < -0.39 is 10.0 Å². The molecule has 3 heterocycles. The van der Waals surface area contributed by atoms with Crippen molar-refractivity contribution in [3.8, 4) is 0 Å². The predicted octanol–water partition coefficient (Wildman–Crippen LogP) is 3.50. The van der Waals surface area contributed by atoms with Crippen LogP contribution in [0.4, 0.5) is 5.82 Å². The van der Waals surface area contributed by atoms with Crippen molar-refractivity contribution in [2.75, 3.05) is 26.2 Å². The summed E-state index contributed by atoms with van der Waals surface area (Å²) in [6.45, 7) is 6.56. The number of amides is 1. The molecular weight excluding hydrogens is 440 g/mol. The number of hydrogen-bond donors (Lipinski definition) is 0. The maximum absolute atomic E-state index is 13.1. The van der Waals surface area contributed by atoms with Crippen molar-refractivity contribution < 1.29 is 13.2 Å². The van der Waals surface area contributed by atoms with E-state index in [2.05, 4.69) is 38.9 Å². The summed E-state index contributed by atoms with van der Waals surface area (Å²) in [5, 5.41) is 8.26. The van der Waals surface area contributed by atoms with Gasteiger partial charge in [-0.3, -0.25) is 9.69 Å². The minimum atomic E-state index is -3.53. The van der Waals surface area contributed by atoms with Crippen LogP contribution in [0.25, 0.3) is 10.9 Å². The van der Waals surface area contributed by atoms with Crippen molar-refractivity contribution in [3.63, 3.8) is 0 Å². The Morgan fingerprint density at radius 1 is 0.939 bits per heavy atom. The number of nitrogens with zero attached hydrogens (tertiary/aromatic N) is 6. The minimum Gasteiger partial charge on any atom is -0.293 e. The Morgan fingerprint density at radius 3 is 2.36 bits per heavy atom. The van der Waals surface area contributed by atoms with E-state index in [1.807, 2.05) is 18.2 Å². The second-order valence-electron chi connectivity index (χ2n) is 8.57. The largest absolute Gasteiger partial charge is 0.296 e. The SMILES string of the molecule is CC(C)c1ccc(S(=O)(=O)N2CCN(Cc3nc4c5c(cccc5n3)C(=O)N=N4)CC2)cc1. The number of carbonyl (C=O) groups excluding carboxylic acids is 1. The zero-order valence-electron chi connectivity index (χ0n) is 18.5. The van der Waals surface area contributed by atoms with Gasteiger partial charge in [0.05, 0.1) is 27.9 Å². The molecule has 2 aliphatic heterocycles. The van der Waals surface area contributed by atoms with Gasteiger partial charge in [-0.2, -0.15) is 4.31 Å². The Bertz CT molecular complexity index is 1360. The highest BCUT2D eigenvalue weighted by Crippen LogP contribution is 2.31. The first kappa shape index (κ1) is 21.7. The first-order valence-electron chi connectivity index (χ1n) is 10.9. The molecule has 0 unspecified atom stereocenters. The maximum atomic E-state index is 13.1. The fraction of sp³-hybridized carbons (Fsp3) is 0.348. The van der Waals surface area contributed by atoms with Crippen LogP contribution in [0.3, 0.4) is 0 Å². The zero-order valence-corrected chi connectivity index (χ0v) is 19.3. The summed E-state index contributed by atoms with van der Waals surface area (Å²) in [5.74, 6) is 0.936. The van der Waals surface area contributed by atoms with Gasteiger partial charge in [-0.05, 0) is 35.7 Å². The summed E-state index contributed by atoms with van der Waals surface area (Å²) in [4.78, 5) is 23.5. The average molecular weight is 465 g/mol. The summed E-state index contributed by atoms with van der Waals surface area (Å²) < 4.78 is 27.7. The maximum Gasteiger partial charge on any atom is 0.296 e. The normalized spacial score (nSPS) is 17.2. The van der Waals surface area contributed by atoms with Crippen LogP contribution >= 0.6 is 0 Å². The Kier molecular flexibility index (Phi) is 5.51. The van der Waals surface area contributed by atoms with Crippen molar-refractivity contribution in [1.29, 1.82) is 0 Å². The molecule has 1 aromatic heterocycles. The van der Waals surface area contributed by atoms with Gasteiger partial charge in [0, 0.05) is 26.2 Å². The smallest absolute Gasteiger partial charge is 0.293 e. The fourth-order valence-electron chi connectivity index (χ4n) is 4.18. The lowest BCUT2D eigenvalue weighted by Crippen LogP contribution is -2.48. The predicted molar refractivity (Wildman–Crippen MR) is 123 cm³/mol. The van der Waals surface area contributed by atoms with Crippen LogP contribution in [0.15, 0.2) is 57.6 Å². The molecule has 5 rings (SSSR count). The molecule has 0 bridgehead atoms. The van der Waals surface area contributed by atoms with Crippen LogP contribution in [0.1, 0.15) is 41.5 Å². The van der Waals surface area contributed by atoms with E-state index in [1.54, 1.807) is 24.3 Å². The number of rotatable bonds is 5. The number of aromatic nitrogens is 2. The quantitative estimate of drug-likeness (QED) is 0.572. The van der Waals surface area contributed by atoms with Crippen molar-refractivity contribution >= 4 is 32.7 Å². The molecule has 0 saturated carbocycles. The average Bonchev–Trinajstić information content (AvgIpc) is 2.82. The Labute approximate surface area is 192 Å². The van der Waals surface area contributed by atoms with Crippen molar-refractivity contribution in [2.45, 2.75) is 31.2 Å². The molecule has 170 valence electrons. The summed E-state index contributed by atoms with van der Waals surface area (Å²) in [6, 6.07) is 12.5. The Hall–Kier alpha value is -3.08. The molecule has 0 radical (unpaired) electrons. The second kappa shape index (κ2) is 8.36. The molecule has 0 N–H and O–H groups in total. The summed E-state index contributed by atoms with van der Waals surface area (Å²) in [5.41, 5.74) is 2.24. The summed E-state index contributed by atoms with van der Waals surface area (Å²) >= 11 is 0. The summed E-state index contributed by atoms with van der Waals surface area (Å²) in [6.07, 6.45) is 0. The van der Waals surface area contributed by atoms with Crippen LogP contribution in [0.2, 0.25) is 0 Å². The third-order valence-electron chi connectivity index (χ3n) is 6.10. The molecule has 1 saturated heterocycles. The van der Waals surface area contributed by atoms with Gasteiger partial charge < -0.3 is 0 Å². The van der Waals surface area contributed by atoms with E-state index in [-0.39, 0.29) is 5.91 Å². The van der Waals surface area contributed by atoms with Crippen LogP contribution in [0.5, 0.6) is 0 Å². The van der Waals surface area contributed by atoms with Gasteiger partial charge >= 0.3 is 0 Å². The molecule has 33 heavy (non-hydrogen) atoms. The van der Waals surface area contributed by atoms with E-state index in [4.69, 9.17) is 0 Å². The summed E-state index contributed by atoms with van der Waals surface area (Å²) in [7, 11) is -3.53. The third kappa shape index (κ3) is 4.05. The van der Waals surface area contributed by atoms with Crippen LogP contribution < -0.4 is 0 Å². The highest BCUT2D eigenvalue weighted by Gasteiger charge is 2.29. The highest BCUT2D eigenvalue weighted by molar-refractivity contribution is 7.89. The first-order valence-corrected chi connectivity index (χ1v) is 12.3. The van der Waals surface area contributed by atoms with Crippen molar-refractivity contribution in [2.24, 2.45) is 10.2 Å². The Balaban J connectivity index is 1.29. The third-order valence-corrected chi connectivity index (χ3v) is 8.01. The molecule has 2 aromatic carbocycles. The van der Waals surface area contributed by atoms with Gasteiger partial charge in [0.25, 0.3) is 5.91 Å². The molecule has 9 nitrogen and oxygen atoms in total. The van der Waals surface area contributed by atoms with E-state index in [0.717, 1.165) is 5.56 Å². The number of hydrogen-bond acceptors (Lipinski definition) is 7. The number of piperazine rings is 1. The lowest BCUT2D eigenvalue weighted by Gasteiger charge is -2.33. The molecule has 0 atom stereocenters. The van der Waals surface area contributed by atoms with Gasteiger partial charge in [0.15, 0.2) is 5.82 Å². The lowest BCUT2D eigenvalue weighted by molar-refractivity contribution is 0.0995. The Morgan fingerprint density at radius 2 is 1.67 bits per heavy atom. The minimum absolute atomic E-state index is 0.327. The molecule has 0 spiro atoms. The van der Waals surface area contributed by atoms with Gasteiger partial charge in [-0.25, -0.2) is 18.4 Å². The molecule has 3 aromatic rings. The van der Waals surface area contributed by atoms with Gasteiger partial charge in [0.2, 0.25) is 10.0 Å². The van der Waals surface area contributed by atoms with Gasteiger partial charge in [0.1, 0.15) is 5.82 Å². The van der Waals surface area contributed by atoms with E-state index in [1.165, 1.54) is 4.31 Å². The topological polar surface area (TPSA) is 108 Å². The number of carbonyl (C=O) groups is 1. The number of sulfonamides is 1. The lowest BCUT2D eigenvalue weighted by atomic mass is 10.0. The van der Waals surface area contributed by atoms with E-state index in [0.29, 0.717) is 71.6 Å². The molecule has 1 fully saturated rings. The molecule has 1 amide bonds. The highest BCUT2D eigenvalue weighted by atomic mass is 32.2. The molecule has 2 aliphatic rings. The van der Waals surface area contributed by atoms with Gasteiger partial charge in [-0.1, -0.05) is 32.0 Å². The molecular formula is C23H24N6O3S. The van der Waals surface area contributed by atoms with Crippen LogP contribution in [-0.2, 0) is 16.6 Å². The van der Waals surface area contributed by atoms with Crippen molar-refractivity contribution in [1.82, 2.24) is 19.2 Å². The number of benzene rings is 2. The van der Waals surface area contributed by atoms with Crippen LogP contribution in [-0.4, -0.2) is 59.7 Å². The number of azo groups is 1. The second-order valence-corrected chi connectivity index (χ2v) is 10.5. The first-order chi connectivity index (χ1) is 15.8. The fourth-order valence-corrected chi connectivity index (χ4v) is 5.60.